The highest BCUT2D eigenvalue weighted by atomic mass is 32.2. The van der Waals surface area contributed by atoms with Crippen molar-refractivity contribution in [1.82, 2.24) is 4.41 Å². The van der Waals surface area contributed by atoms with Crippen molar-refractivity contribution in [3.05, 3.63) is 59.7 Å². The Kier molecular flexibility index (Phi) is 5.35. The molecule has 1 aliphatic heterocycles. The number of nitrogens with zero attached hydrogens (tertiary/aromatic N) is 2. The molecule has 1 N–H and O–H groups in total. The molecule has 0 spiro atoms. The Morgan fingerprint density at radius 2 is 1.75 bits per heavy atom. The first-order chi connectivity index (χ1) is 13.1. The summed E-state index contributed by atoms with van der Waals surface area (Å²) >= 11 is 0. The van der Waals surface area contributed by atoms with Crippen LogP contribution in [-0.2, 0) is 20.0 Å². The monoisotopic (exact) mass is 423 g/mol. The Morgan fingerprint density at radius 1 is 1.07 bits per heavy atom. The number of rotatable bonds is 6. The maximum Gasteiger partial charge on any atom is 0.247 e. The third kappa shape index (κ3) is 4.63. The number of hydrogen-bond acceptors (Lipinski definition) is 6. The fourth-order valence-electron chi connectivity index (χ4n) is 3.02. The standard InChI is InChI=1S/C18H21N3O5S2/c1-26-16-9-7-13(8-10-16)18-12-17(19-21(18)28(3,24)25)14-5-4-6-15(11-14)20-27(2,22)23/h4-11,18,20H,12H2,1-3H3/t18-/m0/s1. The van der Waals surface area contributed by atoms with E-state index in [2.05, 4.69) is 9.82 Å². The summed E-state index contributed by atoms with van der Waals surface area (Å²) in [7, 11) is -5.45. The highest BCUT2D eigenvalue weighted by Crippen LogP contribution is 2.35. The van der Waals surface area contributed by atoms with Gasteiger partial charge in [0.2, 0.25) is 20.0 Å². The van der Waals surface area contributed by atoms with Crippen molar-refractivity contribution in [1.29, 1.82) is 0 Å². The molecule has 150 valence electrons. The van der Waals surface area contributed by atoms with Crippen LogP contribution < -0.4 is 9.46 Å². The zero-order chi connectivity index (χ0) is 20.5. The van der Waals surface area contributed by atoms with Gasteiger partial charge in [0, 0.05) is 12.1 Å². The van der Waals surface area contributed by atoms with Crippen LogP contribution in [0.1, 0.15) is 23.6 Å². The van der Waals surface area contributed by atoms with Gasteiger partial charge >= 0.3 is 0 Å². The van der Waals surface area contributed by atoms with Gasteiger partial charge in [0.1, 0.15) is 5.75 Å². The molecule has 0 unspecified atom stereocenters. The third-order valence-corrected chi connectivity index (χ3v) is 5.83. The fraction of sp³-hybridized carbons (Fsp3) is 0.278. The van der Waals surface area contributed by atoms with Gasteiger partial charge in [-0.15, -0.1) is 0 Å². The van der Waals surface area contributed by atoms with Crippen LogP contribution in [0, 0.1) is 0 Å². The lowest BCUT2D eigenvalue weighted by molar-refractivity contribution is 0.374. The summed E-state index contributed by atoms with van der Waals surface area (Å²) in [5.74, 6) is 0.674. The van der Waals surface area contributed by atoms with Gasteiger partial charge in [0.25, 0.3) is 0 Å². The second-order valence-corrected chi connectivity index (χ2v) is 10.1. The summed E-state index contributed by atoms with van der Waals surface area (Å²) in [4.78, 5) is 0. The zero-order valence-electron chi connectivity index (χ0n) is 15.7. The Labute approximate surface area is 164 Å². The van der Waals surface area contributed by atoms with E-state index in [0.717, 1.165) is 22.5 Å². The van der Waals surface area contributed by atoms with Crippen LogP contribution in [0.4, 0.5) is 5.69 Å². The summed E-state index contributed by atoms with van der Waals surface area (Å²) in [6, 6.07) is 13.4. The van der Waals surface area contributed by atoms with E-state index in [-0.39, 0.29) is 0 Å². The molecule has 1 aliphatic rings. The lowest BCUT2D eigenvalue weighted by atomic mass is 9.99. The molecule has 0 amide bonds. The van der Waals surface area contributed by atoms with Gasteiger partial charge in [-0.2, -0.15) is 9.52 Å². The number of sulfonamides is 2. The molecule has 0 radical (unpaired) electrons. The second kappa shape index (κ2) is 7.44. The predicted molar refractivity (Wildman–Crippen MR) is 108 cm³/mol. The number of benzene rings is 2. The van der Waals surface area contributed by atoms with Gasteiger partial charge in [-0.1, -0.05) is 24.3 Å². The van der Waals surface area contributed by atoms with E-state index < -0.39 is 26.1 Å². The zero-order valence-corrected chi connectivity index (χ0v) is 17.3. The van der Waals surface area contributed by atoms with E-state index in [0.29, 0.717) is 29.1 Å². The predicted octanol–water partition coefficient (Wildman–Crippen LogP) is 2.18. The van der Waals surface area contributed by atoms with Crippen LogP contribution in [-0.4, -0.2) is 46.6 Å². The van der Waals surface area contributed by atoms with Crippen molar-refractivity contribution >= 4 is 31.4 Å². The molecule has 0 saturated heterocycles. The summed E-state index contributed by atoms with van der Waals surface area (Å²) in [6.45, 7) is 0. The molecule has 0 bridgehead atoms. The highest BCUT2D eigenvalue weighted by molar-refractivity contribution is 7.92. The molecule has 0 aliphatic carbocycles. The highest BCUT2D eigenvalue weighted by Gasteiger charge is 2.34. The third-order valence-electron chi connectivity index (χ3n) is 4.21. The maximum absolute atomic E-state index is 12.3. The van der Waals surface area contributed by atoms with Crippen molar-refractivity contribution in [3.8, 4) is 5.75 Å². The van der Waals surface area contributed by atoms with Crippen molar-refractivity contribution in [2.45, 2.75) is 12.5 Å². The number of nitrogens with one attached hydrogen (secondary N) is 1. The topological polar surface area (TPSA) is 105 Å². The van der Waals surface area contributed by atoms with Crippen LogP contribution >= 0.6 is 0 Å². The number of methoxy groups -OCH3 is 1. The first-order valence-corrected chi connectivity index (χ1v) is 12.1. The van der Waals surface area contributed by atoms with Crippen LogP contribution in [0.3, 0.4) is 0 Å². The largest absolute Gasteiger partial charge is 0.497 e. The van der Waals surface area contributed by atoms with E-state index in [1.807, 2.05) is 12.1 Å². The van der Waals surface area contributed by atoms with Crippen molar-refractivity contribution in [2.24, 2.45) is 5.10 Å². The smallest absolute Gasteiger partial charge is 0.247 e. The lowest BCUT2D eigenvalue weighted by Gasteiger charge is -2.21. The van der Waals surface area contributed by atoms with Crippen molar-refractivity contribution in [2.75, 3.05) is 24.3 Å². The van der Waals surface area contributed by atoms with Crippen molar-refractivity contribution < 1.29 is 21.6 Å². The molecule has 0 saturated carbocycles. The summed E-state index contributed by atoms with van der Waals surface area (Å²) in [5, 5.41) is 4.32. The molecule has 1 atom stereocenters. The Bertz CT molecular complexity index is 1110. The average molecular weight is 424 g/mol. The van der Waals surface area contributed by atoms with Crippen molar-refractivity contribution in [3.63, 3.8) is 0 Å². The summed E-state index contributed by atoms with van der Waals surface area (Å²) in [6.07, 6.45) is 2.54. The Morgan fingerprint density at radius 3 is 2.32 bits per heavy atom. The molecule has 0 aromatic heterocycles. The van der Waals surface area contributed by atoms with Gasteiger partial charge in [-0.3, -0.25) is 4.72 Å². The van der Waals surface area contributed by atoms with E-state index in [1.54, 1.807) is 43.5 Å². The van der Waals surface area contributed by atoms with Gasteiger partial charge in [-0.25, -0.2) is 16.8 Å². The molecule has 2 aromatic rings. The quantitative estimate of drug-likeness (QED) is 0.767. The van der Waals surface area contributed by atoms with E-state index in [9.17, 15) is 16.8 Å². The van der Waals surface area contributed by atoms with Gasteiger partial charge in [0.05, 0.1) is 31.4 Å². The van der Waals surface area contributed by atoms with Gasteiger partial charge in [0.15, 0.2) is 0 Å². The minimum Gasteiger partial charge on any atom is -0.497 e. The van der Waals surface area contributed by atoms with Crippen LogP contribution in [0.5, 0.6) is 5.75 Å². The molecule has 1 heterocycles. The minimum absolute atomic E-state index is 0.363. The van der Waals surface area contributed by atoms with Gasteiger partial charge in [-0.05, 0) is 35.4 Å². The van der Waals surface area contributed by atoms with Crippen LogP contribution in [0.2, 0.25) is 0 Å². The molecule has 8 nitrogen and oxygen atoms in total. The second-order valence-electron chi connectivity index (χ2n) is 6.53. The normalized spacial score (nSPS) is 17.3. The Hall–Kier alpha value is -2.59. The molecule has 2 aromatic carbocycles. The lowest BCUT2D eigenvalue weighted by Crippen LogP contribution is -2.25. The molecular formula is C18H21N3O5S2. The molecule has 0 fully saturated rings. The Balaban J connectivity index is 1.96. The first kappa shape index (κ1) is 20.2. The first-order valence-electron chi connectivity index (χ1n) is 8.36. The molecule has 10 heteroatoms. The summed E-state index contributed by atoms with van der Waals surface area (Å²) < 4.78 is 56.1. The number of ether oxygens (including phenoxy) is 1. The van der Waals surface area contributed by atoms with Crippen LogP contribution in [0.25, 0.3) is 0 Å². The fourth-order valence-corrected chi connectivity index (χ4v) is 4.48. The van der Waals surface area contributed by atoms with E-state index >= 15 is 0 Å². The maximum atomic E-state index is 12.3. The minimum atomic E-state index is -3.59. The molecule has 28 heavy (non-hydrogen) atoms. The van der Waals surface area contributed by atoms with Crippen LogP contribution in [0.15, 0.2) is 53.6 Å². The van der Waals surface area contributed by atoms with E-state index in [1.165, 1.54) is 0 Å². The van der Waals surface area contributed by atoms with E-state index in [4.69, 9.17) is 4.74 Å². The summed E-state index contributed by atoms with van der Waals surface area (Å²) in [5.41, 5.74) is 2.39. The number of hydrazone groups is 1. The average Bonchev–Trinajstić information content (AvgIpc) is 3.06. The number of anilines is 1. The molecule has 3 rings (SSSR count). The molecular weight excluding hydrogens is 402 g/mol. The number of hydrogen-bond donors (Lipinski definition) is 1. The SMILES string of the molecule is COc1ccc([C@@H]2CC(c3cccc(NS(C)(=O)=O)c3)=NN2S(C)(=O)=O)cc1. The van der Waals surface area contributed by atoms with Gasteiger partial charge < -0.3 is 4.74 Å².